The van der Waals surface area contributed by atoms with E-state index in [0.717, 1.165) is 12.0 Å². The lowest BCUT2D eigenvalue weighted by Gasteiger charge is -2.13. The summed E-state index contributed by atoms with van der Waals surface area (Å²) < 4.78 is 1.57. The fourth-order valence-corrected chi connectivity index (χ4v) is 2.98. The van der Waals surface area contributed by atoms with E-state index in [9.17, 15) is 14.9 Å². The number of aryl methyl sites for hydroxylation is 1. The normalized spacial score (nSPS) is 11.0. The van der Waals surface area contributed by atoms with Gasteiger partial charge in [0.15, 0.2) is 0 Å². The minimum Gasteiger partial charge on any atom is -0.292 e. The van der Waals surface area contributed by atoms with Gasteiger partial charge in [-0.2, -0.15) is 0 Å². The van der Waals surface area contributed by atoms with E-state index >= 15 is 0 Å². The van der Waals surface area contributed by atoms with Crippen LogP contribution in [0.25, 0.3) is 10.9 Å². The molecule has 0 amide bonds. The monoisotopic (exact) mass is 357 g/mol. The lowest BCUT2D eigenvalue weighted by atomic mass is 10.2. The van der Waals surface area contributed by atoms with E-state index in [1.165, 1.54) is 18.2 Å². The highest BCUT2D eigenvalue weighted by Crippen LogP contribution is 2.19. The lowest BCUT2D eigenvalue weighted by Crippen LogP contribution is -2.26. The maximum absolute atomic E-state index is 13.0. The van der Waals surface area contributed by atoms with E-state index in [0.29, 0.717) is 29.3 Å². The van der Waals surface area contributed by atoms with E-state index in [1.54, 1.807) is 16.7 Å². The molecule has 0 aliphatic heterocycles. The number of halogens is 1. The number of aromatic nitrogens is 2. The van der Waals surface area contributed by atoms with E-state index in [2.05, 4.69) is 4.98 Å². The van der Waals surface area contributed by atoms with Crippen molar-refractivity contribution < 1.29 is 4.92 Å². The summed E-state index contributed by atoms with van der Waals surface area (Å²) in [6.07, 6.45) is 1.48. The first kappa shape index (κ1) is 17.1. The van der Waals surface area contributed by atoms with Crippen molar-refractivity contribution >= 4 is 28.2 Å². The number of fused-ring (bicyclic) bond motifs is 1. The van der Waals surface area contributed by atoms with Gasteiger partial charge in [-0.15, -0.1) is 0 Å². The minimum absolute atomic E-state index is 0.121. The van der Waals surface area contributed by atoms with E-state index < -0.39 is 4.92 Å². The van der Waals surface area contributed by atoms with Crippen molar-refractivity contribution in [2.45, 2.75) is 26.3 Å². The van der Waals surface area contributed by atoms with Gasteiger partial charge in [-0.1, -0.05) is 30.7 Å². The number of nitro benzene ring substituents is 1. The Morgan fingerprint density at radius 2 is 2.04 bits per heavy atom. The van der Waals surface area contributed by atoms with Crippen molar-refractivity contribution in [2.75, 3.05) is 0 Å². The largest absolute Gasteiger partial charge is 0.292 e. The van der Waals surface area contributed by atoms with E-state index in [-0.39, 0.29) is 16.6 Å². The fraction of sp³-hybridized carbons (Fsp3) is 0.222. The summed E-state index contributed by atoms with van der Waals surface area (Å²) in [5.74, 6) is 0.661. The van der Waals surface area contributed by atoms with Crippen LogP contribution in [0.4, 0.5) is 5.69 Å². The Kier molecular flexibility index (Phi) is 4.81. The standard InChI is InChI=1S/C18H16ClN3O3/c1-2-4-17-20-16-8-7-14(22(24)25)10-15(16)18(23)21(17)11-12-5-3-6-13(19)9-12/h3,5-10H,2,4,11H2,1H3. The van der Waals surface area contributed by atoms with Crippen LogP contribution in [0.2, 0.25) is 5.02 Å². The molecule has 0 fully saturated rings. The molecule has 7 heteroatoms. The molecule has 0 bridgehead atoms. The van der Waals surface area contributed by atoms with Crippen LogP contribution in [0, 0.1) is 10.1 Å². The van der Waals surface area contributed by atoms with Crippen molar-refractivity contribution in [3.05, 3.63) is 79.3 Å². The number of nitro groups is 1. The summed E-state index contributed by atoms with van der Waals surface area (Å²) in [5.41, 5.74) is 0.945. The molecule has 25 heavy (non-hydrogen) atoms. The van der Waals surface area contributed by atoms with Gasteiger partial charge in [-0.25, -0.2) is 4.98 Å². The Hall–Kier alpha value is -2.73. The van der Waals surface area contributed by atoms with Crippen molar-refractivity contribution in [1.82, 2.24) is 9.55 Å². The number of rotatable bonds is 5. The van der Waals surface area contributed by atoms with Gasteiger partial charge >= 0.3 is 0 Å². The average Bonchev–Trinajstić information content (AvgIpc) is 2.58. The van der Waals surface area contributed by atoms with Crippen LogP contribution in [0.3, 0.4) is 0 Å². The first-order chi connectivity index (χ1) is 12.0. The zero-order chi connectivity index (χ0) is 18.0. The summed E-state index contributed by atoms with van der Waals surface area (Å²) in [6, 6.07) is 11.4. The van der Waals surface area contributed by atoms with Gasteiger partial charge in [-0.3, -0.25) is 19.5 Å². The summed E-state index contributed by atoms with van der Waals surface area (Å²) >= 11 is 6.02. The summed E-state index contributed by atoms with van der Waals surface area (Å²) in [4.78, 5) is 28.0. The highest BCUT2D eigenvalue weighted by atomic mass is 35.5. The van der Waals surface area contributed by atoms with Crippen molar-refractivity contribution in [2.24, 2.45) is 0 Å². The Balaban J connectivity index is 2.19. The zero-order valence-corrected chi connectivity index (χ0v) is 14.4. The predicted molar refractivity (Wildman–Crippen MR) is 97.2 cm³/mol. The molecule has 1 aromatic heterocycles. The molecule has 3 aromatic rings. The maximum atomic E-state index is 13.0. The second-order valence-electron chi connectivity index (χ2n) is 5.76. The van der Waals surface area contributed by atoms with Crippen molar-refractivity contribution in [1.29, 1.82) is 0 Å². The molecule has 0 aliphatic carbocycles. The smallest absolute Gasteiger partial charge is 0.270 e. The third kappa shape index (κ3) is 3.53. The maximum Gasteiger partial charge on any atom is 0.270 e. The quantitative estimate of drug-likeness (QED) is 0.511. The molecule has 3 rings (SSSR count). The molecule has 0 spiro atoms. The third-order valence-electron chi connectivity index (χ3n) is 3.93. The van der Waals surface area contributed by atoms with Crippen molar-refractivity contribution in [3.8, 4) is 0 Å². The Labute approximate surface area is 148 Å². The van der Waals surface area contributed by atoms with E-state index in [1.807, 2.05) is 19.1 Å². The van der Waals surface area contributed by atoms with Crippen LogP contribution in [-0.2, 0) is 13.0 Å². The lowest BCUT2D eigenvalue weighted by molar-refractivity contribution is -0.384. The molecule has 0 radical (unpaired) electrons. The Bertz CT molecular complexity index is 1010. The van der Waals surface area contributed by atoms with Crippen LogP contribution in [0.5, 0.6) is 0 Å². The van der Waals surface area contributed by atoms with Crippen LogP contribution in [0.15, 0.2) is 47.3 Å². The van der Waals surface area contributed by atoms with Crippen LogP contribution in [0.1, 0.15) is 24.7 Å². The summed E-state index contributed by atoms with van der Waals surface area (Å²) in [5, 5.41) is 11.8. The molecule has 0 atom stereocenters. The molecule has 0 saturated heterocycles. The highest BCUT2D eigenvalue weighted by molar-refractivity contribution is 6.30. The summed E-state index contributed by atoms with van der Waals surface area (Å²) in [7, 11) is 0. The average molecular weight is 358 g/mol. The number of non-ortho nitro benzene ring substituents is 1. The van der Waals surface area contributed by atoms with E-state index in [4.69, 9.17) is 11.6 Å². The van der Waals surface area contributed by atoms with Gasteiger partial charge in [0.25, 0.3) is 11.2 Å². The summed E-state index contributed by atoms with van der Waals surface area (Å²) in [6.45, 7) is 2.33. The zero-order valence-electron chi connectivity index (χ0n) is 13.6. The second-order valence-corrected chi connectivity index (χ2v) is 6.19. The Morgan fingerprint density at radius 1 is 1.24 bits per heavy atom. The van der Waals surface area contributed by atoms with Crippen molar-refractivity contribution in [3.63, 3.8) is 0 Å². The predicted octanol–water partition coefficient (Wildman–Crippen LogP) is 3.96. The van der Waals surface area contributed by atoms with Gasteiger partial charge in [0.1, 0.15) is 5.82 Å². The molecular weight excluding hydrogens is 342 g/mol. The third-order valence-corrected chi connectivity index (χ3v) is 4.17. The highest BCUT2D eigenvalue weighted by Gasteiger charge is 2.14. The van der Waals surface area contributed by atoms with Crippen LogP contribution < -0.4 is 5.56 Å². The second kappa shape index (κ2) is 7.03. The van der Waals surface area contributed by atoms with Crippen LogP contribution in [-0.4, -0.2) is 14.5 Å². The van der Waals surface area contributed by atoms with Gasteiger partial charge in [0, 0.05) is 23.6 Å². The van der Waals surface area contributed by atoms with Gasteiger partial charge < -0.3 is 0 Å². The number of benzene rings is 2. The number of hydrogen-bond acceptors (Lipinski definition) is 4. The first-order valence-electron chi connectivity index (χ1n) is 7.92. The molecule has 0 unspecified atom stereocenters. The van der Waals surface area contributed by atoms with Gasteiger partial charge in [0.2, 0.25) is 0 Å². The minimum atomic E-state index is -0.514. The molecule has 0 N–H and O–H groups in total. The Morgan fingerprint density at radius 3 is 2.72 bits per heavy atom. The SMILES string of the molecule is CCCc1nc2ccc([N+](=O)[O-])cc2c(=O)n1Cc1cccc(Cl)c1. The molecule has 6 nitrogen and oxygen atoms in total. The number of nitrogens with zero attached hydrogens (tertiary/aromatic N) is 3. The first-order valence-corrected chi connectivity index (χ1v) is 8.29. The van der Waals surface area contributed by atoms with Gasteiger partial charge in [0.05, 0.1) is 22.4 Å². The molecule has 128 valence electrons. The molecule has 0 aliphatic rings. The molecule has 2 aromatic carbocycles. The molecule has 0 saturated carbocycles. The number of hydrogen-bond donors (Lipinski definition) is 0. The fourth-order valence-electron chi connectivity index (χ4n) is 2.76. The topological polar surface area (TPSA) is 78.0 Å². The molecule has 1 heterocycles. The van der Waals surface area contributed by atoms with Crippen LogP contribution >= 0.6 is 11.6 Å². The van der Waals surface area contributed by atoms with Gasteiger partial charge in [-0.05, 0) is 30.2 Å². The molecular formula is C18H16ClN3O3.